The van der Waals surface area contributed by atoms with Crippen LogP contribution in [0, 0.1) is 5.82 Å². The Bertz CT molecular complexity index is 984. The lowest BCUT2D eigenvalue weighted by atomic mass is 9.94. The second-order valence-electron chi connectivity index (χ2n) is 6.39. The van der Waals surface area contributed by atoms with Gasteiger partial charge in [-0.05, 0) is 55.3 Å². The highest BCUT2D eigenvalue weighted by atomic mass is 19.1. The molecule has 4 N–H and O–H groups in total. The zero-order valence-electron chi connectivity index (χ0n) is 13.9. The molecule has 0 spiro atoms. The van der Waals surface area contributed by atoms with Crippen molar-refractivity contribution in [3.8, 4) is 11.1 Å². The number of nitrogens with zero attached hydrogens (tertiary/aromatic N) is 1. The number of amides is 1. The Morgan fingerprint density at radius 1 is 1.28 bits per heavy atom. The monoisotopic (exact) mass is 339 g/mol. The summed E-state index contributed by atoms with van der Waals surface area (Å²) in [5, 5.41) is 10.9. The average molecular weight is 339 g/mol. The number of pyridine rings is 1. The first-order valence-corrected chi connectivity index (χ1v) is 7.72. The first-order chi connectivity index (χ1) is 11.7. The van der Waals surface area contributed by atoms with E-state index in [0.717, 1.165) is 10.9 Å². The Morgan fingerprint density at radius 3 is 2.72 bits per heavy atom. The van der Waals surface area contributed by atoms with Crippen LogP contribution in [0.1, 0.15) is 25.0 Å². The zero-order chi connectivity index (χ0) is 18.2. The number of rotatable bonds is 4. The minimum absolute atomic E-state index is 0.433. The molecule has 1 amide bonds. The highest BCUT2D eigenvalue weighted by Gasteiger charge is 2.18. The number of nitrogens with two attached hydrogens (primary N) is 1. The fourth-order valence-electron chi connectivity index (χ4n) is 2.60. The molecule has 0 aliphatic carbocycles. The first kappa shape index (κ1) is 16.9. The maximum atomic E-state index is 14.0. The molecule has 0 fully saturated rings. The van der Waals surface area contributed by atoms with Gasteiger partial charge in [-0.2, -0.15) is 0 Å². The highest BCUT2D eigenvalue weighted by Crippen LogP contribution is 2.30. The molecule has 0 atom stereocenters. The summed E-state index contributed by atoms with van der Waals surface area (Å²) in [4.78, 5) is 18.3. The van der Waals surface area contributed by atoms with Crippen LogP contribution in [-0.2, 0) is 10.4 Å². The minimum Gasteiger partial charge on any atom is -0.386 e. The number of aromatic nitrogens is 2. The van der Waals surface area contributed by atoms with Gasteiger partial charge in [0.2, 0.25) is 5.91 Å². The lowest BCUT2D eigenvalue weighted by Gasteiger charge is -2.19. The average Bonchev–Trinajstić information content (AvgIpc) is 2.93. The normalized spacial score (nSPS) is 12.2. The van der Waals surface area contributed by atoms with Crippen molar-refractivity contribution >= 4 is 23.0 Å². The molecule has 0 saturated carbocycles. The standard InChI is InChI=1S/C19H18FN3O2/c1-19(2,25)14-5-12(6-15(20)8-14)13-7-16-11(3-4-17(21)24)9-22-18(16)23-10-13/h3-10,25H,1-2H3,(H2,21,24)(H,22,23). The van der Waals surface area contributed by atoms with Gasteiger partial charge in [-0.25, -0.2) is 9.37 Å². The van der Waals surface area contributed by atoms with E-state index in [1.807, 2.05) is 6.07 Å². The zero-order valence-corrected chi connectivity index (χ0v) is 13.9. The number of benzene rings is 1. The summed E-state index contributed by atoms with van der Waals surface area (Å²) in [5.74, 6) is -0.976. The molecule has 0 aliphatic rings. The molecular weight excluding hydrogens is 321 g/mol. The number of hydrogen-bond donors (Lipinski definition) is 3. The lowest BCUT2D eigenvalue weighted by Crippen LogP contribution is -2.15. The molecule has 2 heterocycles. The van der Waals surface area contributed by atoms with Gasteiger partial charge in [0, 0.05) is 35.0 Å². The van der Waals surface area contributed by atoms with Crippen LogP contribution in [0.5, 0.6) is 0 Å². The van der Waals surface area contributed by atoms with Crippen LogP contribution in [0.3, 0.4) is 0 Å². The SMILES string of the molecule is CC(C)(O)c1cc(F)cc(-c2cnc3[nH]cc(C=CC(N)=O)c3c2)c1. The number of aromatic amines is 1. The number of carbonyl (C=O) groups excluding carboxylic acids is 1. The van der Waals surface area contributed by atoms with Crippen molar-refractivity contribution in [2.75, 3.05) is 0 Å². The minimum atomic E-state index is -1.15. The van der Waals surface area contributed by atoms with Gasteiger partial charge < -0.3 is 15.8 Å². The van der Waals surface area contributed by atoms with E-state index in [4.69, 9.17) is 5.73 Å². The van der Waals surface area contributed by atoms with Crippen molar-refractivity contribution < 1.29 is 14.3 Å². The second-order valence-corrected chi connectivity index (χ2v) is 6.39. The van der Waals surface area contributed by atoms with Crippen LogP contribution >= 0.6 is 0 Å². The van der Waals surface area contributed by atoms with Crippen LogP contribution in [-0.4, -0.2) is 21.0 Å². The number of carbonyl (C=O) groups is 1. The fourth-order valence-corrected chi connectivity index (χ4v) is 2.60. The van der Waals surface area contributed by atoms with E-state index >= 15 is 0 Å². The van der Waals surface area contributed by atoms with Crippen molar-refractivity contribution in [3.05, 3.63) is 59.7 Å². The lowest BCUT2D eigenvalue weighted by molar-refractivity contribution is -0.113. The summed E-state index contributed by atoms with van der Waals surface area (Å²) in [6.45, 7) is 3.21. The molecule has 25 heavy (non-hydrogen) atoms. The summed E-state index contributed by atoms with van der Waals surface area (Å²) in [6.07, 6.45) is 6.21. The molecule has 0 aliphatic heterocycles. The van der Waals surface area contributed by atoms with Gasteiger partial charge in [-0.1, -0.05) is 0 Å². The third-order valence-corrected chi connectivity index (χ3v) is 3.93. The molecule has 1 aromatic carbocycles. The molecular formula is C19H18FN3O2. The third-order valence-electron chi connectivity index (χ3n) is 3.93. The number of hydrogen-bond acceptors (Lipinski definition) is 3. The Kier molecular flexibility index (Phi) is 4.14. The van der Waals surface area contributed by atoms with E-state index in [1.54, 1.807) is 38.4 Å². The number of primary amides is 1. The summed E-state index contributed by atoms with van der Waals surface area (Å²) in [6, 6.07) is 6.29. The van der Waals surface area contributed by atoms with Gasteiger partial charge in [0.05, 0.1) is 5.60 Å². The molecule has 3 aromatic rings. The summed E-state index contributed by atoms with van der Waals surface area (Å²) >= 11 is 0. The number of H-pyrrole nitrogens is 1. The van der Waals surface area contributed by atoms with Gasteiger partial charge in [0.1, 0.15) is 11.5 Å². The van der Waals surface area contributed by atoms with Crippen LogP contribution in [0.25, 0.3) is 28.2 Å². The molecule has 3 rings (SSSR count). The van der Waals surface area contributed by atoms with Crippen molar-refractivity contribution in [2.24, 2.45) is 5.73 Å². The van der Waals surface area contributed by atoms with Crippen molar-refractivity contribution in [1.29, 1.82) is 0 Å². The first-order valence-electron chi connectivity index (χ1n) is 7.72. The van der Waals surface area contributed by atoms with Crippen molar-refractivity contribution in [2.45, 2.75) is 19.4 Å². The second kappa shape index (κ2) is 6.14. The third kappa shape index (κ3) is 3.59. The number of nitrogens with one attached hydrogen (secondary N) is 1. The number of fused-ring (bicyclic) bond motifs is 1. The summed E-state index contributed by atoms with van der Waals surface area (Å²) < 4.78 is 14.0. The quantitative estimate of drug-likeness (QED) is 0.638. The Morgan fingerprint density at radius 2 is 2.04 bits per heavy atom. The van der Waals surface area contributed by atoms with Gasteiger partial charge >= 0.3 is 0 Å². The molecule has 2 aromatic heterocycles. The van der Waals surface area contributed by atoms with E-state index in [9.17, 15) is 14.3 Å². The summed E-state index contributed by atoms with van der Waals surface area (Å²) in [7, 11) is 0. The molecule has 0 unspecified atom stereocenters. The van der Waals surface area contributed by atoms with Crippen LogP contribution < -0.4 is 5.73 Å². The Hall–Kier alpha value is -2.99. The number of halogens is 1. The molecule has 0 radical (unpaired) electrons. The fraction of sp³-hybridized carbons (Fsp3) is 0.158. The smallest absolute Gasteiger partial charge is 0.241 e. The molecule has 128 valence electrons. The highest BCUT2D eigenvalue weighted by molar-refractivity contribution is 5.95. The summed E-state index contributed by atoms with van der Waals surface area (Å²) in [5.41, 5.74) is 7.16. The number of aliphatic hydroxyl groups is 1. The van der Waals surface area contributed by atoms with Crippen LogP contribution in [0.4, 0.5) is 4.39 Å². The molecule has 6 heteroatoms. The van der Waals surface area contributed by atoms with Gasteiger partial charge in [0.15, 0.2) is 0 Å². The molecule has 0 bridgehead atoms. The predicted octanol–water partition coefficient (Wildman–Crippen LogP) is 3.09. The predicted molar refractivity (Wildman–Crippen MR) is 95.0 cm³/mol. The van der Waals surface area contributed by atoms with E-state index < -0.39 is 17.3 Å². The molecule has 0 saturated heterocycles. The van der Waals surface area contributed by atoms with Crippen LogP contribution in [0.2, 0.25) is 0 Å². The topological polar surface area (TPSA) is 92.0 Å². The van der Waals surface area contributed by atoms with Crippen molar-refractivity contribution in [1.82, 2.24) is 9.97 Å². The molecule has 5 nitrogen and oxygen atoms in total. The van der Waals surface area contributed by atoms with Gasteiger partial charge in [-0.15, -0.1) is 0 Å². The Labute approximate surface area is 144 Å². The van der Waals surface area contributed by atoms with Crippen LogP contribution in [0.15, 0.2) is 42.7 Å². The van der Waals surface area contributed by atoms with Gasteiger partial charge in [-0.3, -0.25) is 4.79 Å². The van der Waals surface area contributed by atoms with E-state index in [1.165, 1.54) is 18.2 Å². The maximum Gasteiger partial charge on any atom is 0.241 e. The van der Waals surface area contributed by atoms with Crippen molar-refractivity contribution in [3.63, 3.8) is 0 Å². The Balaban J connectivity index is 2.12. The van der Waals surface area contributed by atoms with Gasteiger partial charge in [0.25, 0.3) is 0 Å². The van der Waals surface area contributed by atoms with E-state index in [0.29, 0.717) is 22.3 Å². The van der Waals surface area contributed by atoms with E-state index in [2.05, 4.69) is 9.97 Å². The van der Waals surface area contributed by atoms with E-state index in [-0.39, 0.29) is 0 Å². The largest absolute Gasteiger partial charge is 0.386 e. The maximum absolute atomic E-state index is 14.0.